The van der Waals surface area contributed by atoms with Crippen LogP contribution in [0.2, 0.25) is 0 Å². The van der Waals surface area contributed by atoms with Crippen molar-refractivity contribution in [3.05, 3.63) is 35.9 Å². The number of nitrogens with two attached hydrogens (primary N) is 1. The molecule has 0 fully saturated rings. The molecule has 0 aliphatic rings. The molecule has 2 N–H and O–H groups in total. The molecule has 1 aromatic rings. The minimum Gasteiger partial charge on any atom is -0.268 e. The third-order valence-electron chi connectivity index (χ3n) is 1.14. The van der Waals surface area contributed by atoms with E-state index in [0.29, 0.717) is 0 Å². The molecule has 0 amide bonds. The van der Waals surface area contributed by atoms with E-state index in [4.69, 9.17) is 5.14 Å². The summed E-state index contributed by atoms with van der Waals surface area (Å²) in [5.74, 6) is 0.988. The summed E-state index contributed by atoms with van der Waals surface area (Å²) >= 11 is 0. The third-order valence-corrected chi connectivity index (χ3v) is 2.49. The predicted octanol–water partition coefficient (Wildman–Crippen LogP) is 2.44. The molecule has 54 valence electrons. The van der Waals surface area contributed by atoms with Gasteiger partial charge in [-0.25, -0.2) is 0 Å². The quantitative estimate of drug-likeness (QED) is 0.559. The molecular formula is C7H9NS2. The zero-order chi connectivity index (χ0) is 7.23. The van der Waals surface area contributed by atoms with Crippen LogP contribution in [0.5, 0.6) is 0 Å². The molecule has 0 atom stereocenters. The van der Waals surface area contributed by atoms with Gasteiger partial charge in [-0.05, 0) is 16.5 Å². The van der Waals surface area contributed by atoms with Gasteiger partial charge in [0.1, 0.15) is 0 Å². The van der Waals surface area contributed by atoms with Crippen molar-refractivity contribution in [3.63, 3.8) is 0 Å². The minimum atomic E-state index is 0.988. The first kappa shape index (κ1) is 7.98. The van der Waals surface area contributed by atoms with Gasteiger partial charge in [0.2, 0.25) is 0 Å². The topological polar surface area (TPSA) is 26.0 Å². The zero-order valence-corrected chi connectivity index (χ0v) is 7.12. The molecule has 0 unspecified atom stereocenters. The molecule has 0 radical (unpaired) electrons. The molecule has 1 rings (SSSR count). The Bertz CT molecular complexity index is 176. The molecule has 0 heterocycles. The van der Waals surface area contributed by atoms with E-state index < -0.39 is 0 Å². The smallest absolute Gasteiger partial charge is 0.0301 e. The van der Waals surface area contributed by atoms with Gasteiger partial charge in [-0.2, -0.15) is 0 Å². The van der Waals surface area contributed by atoms with Crippen LogP contribution in [0.1, 0.15) is 5.56 Å². The van der Waals surface area contributed by atoms with Crippen molar-refractivity contribution in [1.29, 1.82) is 0 Å². The van der Waals surface area contributed by atoms with Crippen molar-refractivity contribution in [3.8, 4) is 0 Å². The molecule has 1 aromatic carbocycles. The lowest BCUT2D eigenvalue weighted by Crippen LogP contribution is -1.77. The van der Waals surface area contributed by atoms with E-state index in [2.05, 4.69) is 12.1 Å². The molecule has 1 nitrogen and oxygen atoms in total. The Morgan fingerprint density at radius 3 is 2.50 bits per heavy atom. The first-order chi connectivity index (χ1) is 4.93. The van der Waals surface area contributed by atoms with Crippen LogP contribution in [0.3, 0.4) is 0 Å². The van der Waals surface area contributed by atoms with Crippen LogP contribution in [-0.4, -0.2) is 0 Å². The fourth-order valence-electron chi connectivity index (χ4n) is 0.676. The van der Waals surface area contributed by atoms with Gasteiger partial charge >= 0.3 is 0 Å². The summed E-state index contributed by atoms with van der Waals surface area (Å²) in [6, 6.07) is 10.3. The highest BCUT2D eigenvalue weighted by molar-refractivity contribution is 8.75. The molecule has 0 aliphatic heterocycles. The molecule has 0 aromatic heterocycles. The van der Waals surface area contributed by atoms with Gasteiger partial charge in [0.25, 0.3) is 0 Å². The Labute approximate surface area is 68.9 Å². The van der Waals surface area contributed by atoms with Gasteiger partial charge in [0.05, 0.1) is 0 Å². The van der Waals surface area contributed by atoms with Gasteiger partial charge in [0, 0.05) is 5.75 Å². The lowest BCUT2D eigenvalue weighted by molar-refractivity contribution is 1.43. The predicted molar refractivity (Wildman–Crippen MR) is 49.5 cm³/mol. The first-order valence-corrected chi connectivity index (χ1v) is 5.34. The van der Waals surface area contributed by atoms with E-state index >= 15 is 0 Å². The summed E-state index contributed by atoms with van der Waals surface area (Å²) in [4.78, 5) is 0. The minimum absolute atomic E-state index is 0.988. The average Bonchev–Trinajstić information content (AvgIpc) is 2.03. The molecule has 0 aliphatic carbocycles. The summed E-state index contributed by atoms with van der Waals surface area (Å²) in [5, 5.41) is 5.26. The standard InChI is InChI=1S/C7H9NS2/c8-10-9-6-7-4-2-1-3-5-7/h1-5H,6,8H2. The molecule has 0 bridgehead atoms. The van der Waals surface area contributed by atoms with E-state index in [1.165, 1.54) is 16.5 Å². The van der Waals surface area contributed by atoms with Crippen LogP contribution in [0.4, 0.5) is 0 Å². The second kappa shape index (κ2) is 4.66. The largest absolute Gasteiger partial charge is 0.268 e. The van der Waals surface area contributed by atoms with E-state index in [1.807, 2.05) is 18.2 Å². The van der Waals surface area contributed by atoms with E-state index in [-0.39, 0.29) is 0 Å². The van der Waals surface area contributed by atoms with Crippen LogP contribution >= 0.6 is 21.8 Å². The van der Waals surface area contributed by atoms with Crippen LogP contribution < -0.4 is 5.14 Å². The maximum Gasteiger partial charge on any atom is 0.0301 e. The summed E-state index contributed by atoms with van der Waals surface area (Å²) in [6.07, 6.45) is 0. The van der Waals surface area contributed by atoms with E-state index in [9.17, 15) is 0 Å². The molecule has 10 heavy (non-hydrogen) atoms. The Hall–Kier alpha value is -0.120. The first-order valence-electron chi connectivity index (χ1n) is 2.96. The van der Waals surface area contributed by atoms with Crippen molar-refractivity contribution >= 4 is 21.8 Å². The van der Waals surface area contributed by atoms with Crippen molar-refractivity contribution < 1.29 is 0 Å². The van der Waals surface area contributed by atoms with Crippen LogP contribution in [0.15, 0.2) is 30.3 Å². The Morgan fingerprint density at radius 1 is 1.20 bits per heavy atom. The Balaban J connectivity index is 2.43. The monoisotopic (exact) mass is 171 g/mol. The summed E-state index contributed by atoms with van der Waals surface area (Å²) in [5.41, 5.74) is 1.32. The average molecular weight is 171 g/mol. The van der Waals surface area contributed by atoms with Crippen molar-refractivity contribution in [2.24, 2.45) is 5.14 Å². The molecular weight excluding hydrogens is 162 g/mol. The van der Waals surface area contributed by atoms with E-state index in [1.54, 1.807) is 10.8 Å². The number of rotatable bonds is 3. The molecule has 0 spiro atoms. The lowest BCUT2D eigenvalue weighted by Gasteiger charge is -1.95. The Kier molecular flexibility index (Phi) is 3.72. The van der Waals surface area contributed by atoms with Crippen molar-refractivity contribution in [2.75, 3.05) is 0 Å². The zero-order valence-electron chi connectivity index (χ0n) is 5.49. The van der Waals surface area contributed by atoms with Crippen molar-refractivity contribution in [2.45, 2.75) is 5.75 Å². The number of hydrogen-bond donors (Lipinski definition) is 1. The van der Waals surface area contributed by atoms with Crippen LogP contribution in [0.25, 0.3) is 0 Å². The highest BCUT2D eigenvalue weighted by atomic mass is 33.1. The number of hydrogen-bond acceptors (Lipinski definition) is 3. The third kappa shape index (κ3) is 2.64. The number of benzene rings is 1. The highest BCUT2D eigenvalue weighted by Crippen LogP contribution is 2.19. The van der Waals surface area contributed by atoms with Crippen molar-refractivity contribution in [1.82, 2.24) is 0 Å². The normalized spacial score (nSPS) is 9.70. The second-order valence-electron chi connectivity index (χ2n) is 1.84. The lowest BCUT2D eigenvalue weighted by atomic mass is 10.2. The fourth-order valence-corrected chi connectivity index (χ4v) is 1.69. The van der Waals surface area contributed by atoms with Crippen LogP contribution in [0, 0.1) is 0 Å². The summed E-state index contributed by atoms with van der Waals surface area (Å²) in [6.45, 7) is 0. The van der Waals surface area contributed by atoms with Gasteiger partial charge < -0.3 is 0 Å². The Morgan fingerprint density at radius 2 is 1.90 bits per heavy atom. The molecule has 0 saturated heterocycles. The van der Waals surface area contributed by atoms with Crippen LogP contribution in [-0.2, 0) is 5.75 Å². The van der Waals surface area contributed by atoms with Gasteiger partial charge in [-0.15, -0.1) is 0 Å². The highest BCUT2D eigenvalue weighted by Gasteiger charge is 1.88. The fraction of sp³-hybridized carbons (Fsp3) is 0.143. The van der Waals surface area contributed by atoms with Gasteiger partial charge in [0.15, 0.2) is 0 Å². The van der Waals surface area contributed by atoms with Gasteiger partial charge in [-0.1, -0.05) is 41.1 Å². The summed E-state index contributed by atoms with van der Waals surface area (Å²) in [7, 11) is 2.97. The second-order valence-corrected chi connectivity index (χ2v) is 3.85. The molecule has 0 saturated carbocycles. The van der Waals surface area contributed by atoms with E-state index in [0.717, 1.165) is 5.75 Å². The van der Waals surface area contributed by atoms with Gasteiger partial charge in [-0.3, -0.25) is 5.14 Å². The maximum atomic E-state index is 5.26. The maximum absolute atomic E-state index is 5.26. The SMILES string of the molecule is NSSCc1ccccc1. The summed E-state index contributed by atoms with van der Waals surface area (Å²) < 4.78 is 0. The molecule has 3 heteroatoms.